The van der Waals surface area contributed by atoms with Crippen molar-refractivity contribution in [2.24, 2.45) is 0 Å². The highest BCUT2D eigenvalue weighted by atomic mass is 32.1. The highest BCUT2D eigenvalue weighted by molar-refractivity contribution is 7.10. The van der Waals surface area contributed by atoms with Crippen molar-refractivity contribution in [3.05, 3.63) is 51.0 Å². The number of carbonyl (C=O) groups excluding carboxylic acids is 3. The Balaban J connectivity index is 1.65. The van der Waals surface area contributed by atoms with Crippen LogP contribution in [0, 0.1) is 6.92 Å². The Morgan fingerprint density at radius 3 is 2.48 bits per heavy atom. The van der Waals surface area contributed by atoms with Crippen LogP contribution in [-0.4, -0.2) is 65.9 Å². The van der Waals surface area contributed by atoms with Crippen LogP contribution in [0.5, 0.6) is 0 Å². The molecule has 3 rings (SSSR count). The maximum Gasteiger partial charge on any atom is 0.339 e. The van der Waals surface area contributed by atoms with E-state index in [1.165, 1.54) is 7.11 Å². The molecule has 1 aliphatic heterocycles. The summed E-state index contributed by atoms with van der Waals surface area (Å²) in [5.41, 5.74) is 2.16. The Labute approximate surface area is 174 Å². The van der Waals surface area contributed by atoms with Gasteiger partial charge in [-0.05, 0) is 36.4 Å². The lowest BCUT2D eigenvalue weighted by Crippen LogP contribution is -2.50. The Hall–Kier alpha value is -2.87. The third kappa shape index (κ3) is 4.42. The molecule has 29 heavy (non-hydrogen) atoms. The van der Waals surface area contributed by atoms with Crippen LogP contribution in [0.15, 0.2) is 23.6 Å². The first kappa shape index (κ1) is 20.9. The van der Waals surface area contributed by atoms with Crippen molar-refractivity contribution in [3.63, 3.8) is 0 Å². The number of aryl methyl sites for hydroxylation is 1. The van der Waals surface area contributed by atoms with E-state index in [-0.39, 0.29) is 11.8 Å². The summed E-state index contributed by atoms with van der Waals surface area (Å²) in [6.45, 7) is 5.52. The van der Waals surface area contributed by atoms with Gasteiger partial charge in [-0.25, -0.2) is 4.79 Å². The molecule has 1 saturated heterocycles. The maximum atomic E-state index is 13.0. The van der Waals surface area contributed by atoms with E-state index in [4.69, 9.17) is 4.74 Å². The number of nitrogens with zero attached hydrogens (tertiary/aromatic N) is 2. The Bertz CT molecular complexity index is 922. The monoisotopic (exact) mass is 415 g/mol. The van der Waals surface area contributed by atoms with Gasteiger partial charge in [0.25, 0.3) is 5.91 Å². The zero-order valence-electron chi connectivity index (χ0n) is 16.9. The molecule has 0 atom stereocenters. The van der Waals surface area contributed by atoms with E-state index < -0.39 is 5.97 Å². The van der Waals surface area contributed by atoms with Gasteiger partial charge in [0.15, 0.2) is 0 Å². The molecule has 7 nitrogen and oxygen atoms in total. The largest absolute Gasteiger partial charge is 0.465 e. The second-order valence-electron chi connectivity index (χ2n) is 6.79. The van der Waals surface area contributed by atoms with Crippen LogP contribution in [0.25, 0.3) is 6.08 Å². The van der Waals surface area contributed by atoms with Crippen molar-refractivity contribution in [1.82, 2.24) is 14.8 Å². The van der Waals surface area contributed by atoms with Crippen LogP contribution in [-0.2, 0) is 16.0 Å². The van der Waals surface area contributed by atoms with Crippen molar-refractivity contribution in [2.75, 3.05) is 33.3 Å². The van der Waals surface area contributed by atoms with Gasteiger partial charge in [-0.2, -0.15) is 0 Å². The number of nitrogens with one attached hydrogen (secondary N) is 1. The van der Waals surface area contributed by atoms with Gasteiger partial charge in [0.2, 0.25) is 5.91 Å². The fourth-order valence-electron chi connectivity index (χ4n) is 3.45. The van der Waals surface area contributed by atoms with Crippen LogP contribution in [0.4, 0.5) is 0 Å². The second-order valence-corrected chi connectivity index (χ2v) is 7.77. The summed E-state index contributed by atoms with van der Waals surface area (Å²) < 4.78 is 4.85. The van der Waals surface area contributed by atoms with Gasteiger partial charge in [-0.15, -0.1) is 11.3 Å². The molecule has 2 aromatic heterocycles. The van der Waals surface area contributed by atoms with Gasteiger partial charge in [-0.1, -0.05) is 13.0 Å². The number of esters is 1. The van der Waals surface area contributed by atoms with Crippen molar-refractivity contribution >= 4 is 35.2 Å². The SMILES string of the molecule is CCc1[nH]c(C(=O)N2CCN(C(=O)/C=C/c3cccs3)CC2)c(C)c1C(=O)OC. The number of hydrogen-bond donors (Lipinski definition) is 1. The topological polar surface area (TPSA) is 82.7 Å². The third-order valence-corrected chi connectivity index (χ3v) is 5.93. The summed E-state index contributed by atoms with van der Waals surface area (Å²) in [6.07, 6.45) is 3.99. The predicted molar refractivity (Wildman–Crippen MR) is 112 cm³/mol. The van der Waals surface area contributed by atoms with Gasteiger partial charge in [0, 0.05) is 42.8 Å². The average Bonchev–Trinajstić information content (AvgIpc) is 3.38. The first-order valence-electron chi connectivity index (χ1n) is 9.55. The molecule has 0 radical (unpaired) electrons. The highest BCUT2D eigenvalue weighted by Crippen LogP contribution is 2.22. The standard InChI is InChI=1S/C21H25N3O4S/c1-4-16-18(21(27)28-3)14(2)19(22-16)20(26)24-11-9-23(10-12-24)17(25)8-7-15-6-5-13-29-15/h5-8,13,22H,4,9-12H2,1-3H3/b8-7+. The number of methoxy groups -OCH3 is 1. The molecular formula is C21H25N3O4S. The van der Waals surface area contributed by atoms with Gasteiger partial charge in [0.05, 0.1) is 12.7 Å². The number of amides is 2. The molecule has 0 bridgehead atoms. The van der Waals surface area contributed by atoms with Crippen LogP contribution < -0.4 is 0 Å². The lowest BCUT2D eigenvalue weighted by molar-refractivity contribution is -0.127. The quantitative estimate of drug-likeness (QED) is 0.601. The van der Waals surface area contributed by atoms with E-state index >= 15 is 0 Å². The van der Waals surface area contributed by atoms with E-state index in [0.29, 0.717) is 55.1 Å². The molecule has 2 aromatic rings. The minimum atomic E-state index is -0.442. The van der Waals surface area contributed by atoms with E-state index in [9.17, 15) is 14.4 Å². The van der Waals surface area contributed by atoms with E-state index in [1.54, 1.807) is 34.1 Å². The smallest absolute Gasteiger partial charge is 0.339 e. The lowest BCUT2D eigenvalue weighted by atomic mass is 10.1. The molecule has 1 aliphatic rings. The van der Waals surface area contributed by atoms with Gasteiger partial charge >= 0.3 is 5.97 Å². The number of H-pyrrole nitrogens is 1. The average molecular weight is 416 g/mol. The van der Waals surface area contributed by atoms with Gasteiger partial charge in [-0.3, -0.25) is 9.59 Å². The zero-order chi connectivity index (χ0) is 21.0. The van der Waals surface area contributed by atoms with Crippen molar-refractivity contribution in [3.8, 4) is 0 Å². The molecule has 154 valence electrons. The fraction of sp³-hybridized carbons (Fsp3) is 0.381. The third-order valence-electron chi connectivity index (χ3n) is 5.10. The fourth-order valence-corrected chi connectivity index (χ4v) is 4.07. The molecule has 0 unspecified atom stereocenters. The zero-order valence-corrected chi connectivity index (χ0v) is 17.7. The van der Waals surface area contributed by atoms with E-state index in [0.717, 1.165) is 4.88 Å². The molecule has 0 aliphatic carbocycles. The number of hydrogen-bond acceptors (Lipinski definition) is 5. The molecular weight excluding hydrogens is 390 g/mol. The number of thiophene rings is 1. The molecule has 0 spiro atoms. The molecule has 1 fully saturated rings. The molecule has 8 heteroatoms. The van der Waals surface area contributed by atoms with Gasteiger partial charge in [0.1, 0.15) is 5.69 Å². The lowest BCUT2D eigenvalue weighted by Gasteiger charge is -2.34. The molecule has 0 saturated carbocycles. The van der Waals surface area contributed by atoms with Crippen LogP contribution in [0.1, 0.15) is 43.9 Å². The first-order valence-corrected chi connectivity index (χ1v) is 10.4. The van der Waals surface area contributed by atoms with E-state index in [1.807, 2.05) is 30.5 Å². The van der Waals surface area contributed by atoms with Crippen molar-refractivity contribution < 1.29 is 19.1 Å². The Morgan fingerprint density at radius 1 is 1.21 bits per heavy atom. The number of aromatic amines is 1. The van der Waals surface area contributed by atoms with Crippen LogP contribution >= 0.6 is 11.3 Å². The number of ether oxygens (including phenoxy) is 1. The predicted octanol–water partition coefficient (Wildman–Crippen LogP) is 2.73. The molecule has 3 heterocycles. The van der Waals surface area contributed by atoms with Gasteiger partial charge < -0.3 is 19.5 Å². The second kappa shape index (κ2) is 9.09. The normalized spacial score (nSPS) is 14.4. The number of rotatable bonds is 5. The summed E-state index contributed by atoms with van der Waals surface area (Å²) in [4.78, 5) is 45.0. The summed E-state index contributed by atoms with van der Waals surface area (Å²) in [6, 6.07) is 3.90. The summed E-state index contributed by atoms with van der Waals surface area (Å²) >= 11 is 1.58. The first-order chi connectivity index (χ1) is 14.0. The number of piperazine rings is 1. The minimum Gasteiger partial charge on any atom is -0.465 e. The number of aromatic nitrogens is 1. The van der Waals surface area contributed by atoms with Crippen LogP contribution in [0.2, 0.25) is 0 Å². The molecule has 1 N–H and O–H groups in total. The molecule has 0 aromatic carbocycles. The Kier molecular flexibility index (Phi) is 6.53. The van der Waals surface area contributed by atoms with Crippen molar-refractivity contribution in [1.29, 1.82) is 0 Å². The highest BCUT2D eigenvalue weighted by Gasteiger charge is 2.29. The summed E-state index contributed by atoms with van der Waals surface area (Å²) in [7, 11) is 1.33. The Morgan fingerprint density at radius 2 is 1.90 bits per heavy atom. The minimum absolute atomic E-state index is 0.0530. The van der Waals surface area contributed by atoms with E-state index in [2.05, 4.69) is 4.98 Å². The maximum absolute atomic E-state index is 13.0. The summed E-state index contributed by atoms with van der Waals surface area (Å²) in [5, 5.41) is 1.96. The number of carbonyl (C=O) groups is 3. The summed E-state index contributed by atoms with van der Waals surface area (Å²) in [5.74, 6) is -0.654. The molecule has 2 amide bonds. The van der Waals surface area contributed by atoms with Crippen molar-refractivity contribution in [2.45, 2.75) is 20.3 Å². The van der Waals surface area contributed by atoms with Crippen LogP contribution in [0.3, 0.4) is 0 Å².